The van der Waals surface area contributed by atoms with Crippen molar-refractivity contribution in [2.24, 2.45) is 0 Å². The van der Waals surface area contributed by atoms with E-state index in [4.69, 9.17) is 4.42 Å². The van der Waals surface area contributed by atoms with E-state index < -0.39 is 5.41 Å². The standard InChI is InChI=1S/C58H43NO/c1-57(2)51-28-12-9-24-46(51)49-27-16-26-44(56(49)57)38-17-15-22-41(35-38)59(42-32-34-55-50(36-42)48-25-11-14-30-54(48)60-55)43-31-33-47-45-23-10-13-29-52(45)58(53(47)37-43,39-18-5-3-6-19-39)40-20-7-4-8-21-40/h3-36,43H,37H2,1-2H3. The largest absolute Gasteiger partial charge is 0.456 e. The molecule has 0 aliphatic heterocycles. The van der Waals surface area contributed by atoms with Gasteiger partial charge in [0.05, 0.1) is 11.5 Å². The molecule has 2 nitrogen and oxygen atoms in total. The van der Waals surface area contributed by atoms with Crippen LogP contribution in [-0.4, -0.2) is 6.04 Å². The summed E-state index contributed by atoms with van der Waals surface area (Å²) in [6.45, 7) is 4.76. The molecular weight excluding hydrogens is 727 g/mol. The lowest BCUT2D eigenvalue weighted by Gasteiger charge is -2.40. The summed E-state index contributed by atoms with van der Waals surface area (Å²) in [5.41, 5.74) is 19.5. The summed E-state index contributed by atoms with van der Waals surface area (Å²) in [5, 5.41) is 2.26. The van der Waals surface area contributed by atoms with Crippen molar-refractivity contribution in [3.05, 3.63) is 245 Å². The fourth-order valence-electron chi connectivity index (χ4n) is 11.2. The van der Waals surface area contributed by atoms with Gasteiger partial charge in [0, 0.05) is 27.6 Å². The number of hydrogen-bond acceptors (Lipinski definition) is 2. The predicted molar refractivity (Wildman–Crippen MR) is 249 cm³/mol. The van der Waals surface area contributed by atoms with Gasteiger partial charge in [-0.05, 0) is 110 Å². The molecule has 0 N–H and O–H groups in total. The van der Waals surface area contributed by atoms with Crippen molar-refractivity contribution in [3.63, 3.8) is 0 Å². The van der Waals surface area contributed by atoms with E-state index in [1.54, 1.807) is 0 Å². The van der Waals surface area contributed by atoms with Crippen molar-refractivity contribution in [3.8, 4) is 22.3 Å². The Bertz CT molecular complexity index is 3180. The Kier molecular flexibility index (Phi) is 7.65. The molecule has 0 amide bonds. The minimum atomic E-state index is -0.444. The number of fused-ring (bicyclic) bond motifs is 8. The SMILES string of the molecule is CC1(C)c2ccccc2-c2cccc(-c3cccc(N(c4ccc5oc6ccccc6c5c4)C4C=CC5=C(C4)C(c4ccccc4)(c4ccccc4)c4ccccc45)c3)c21. The molecule has 0 bridgehead atoms. The second-order valence-electron chi connectivity index (χ2n) is 17.1. The molecule has 1 unspecified atom stereocenters. The number of hydrogen-bond donors (Lipinski definition) is 0. The Morgan fingerprint density at radius 3 is 1.92 bits per heavy atom. The first kappa shape index (κ1) is 34.8. The Morgan fingerprint density at radius 2 is 1.12 bits per heavy atom. The molecule has 0 saturated heterocycles. The molecule has 1 heterocycles. The van der Waals surface area contributed by atoms with E-state index in [9.17, 15) is 0 Å². The predicted octanol–water partition coefficient (Wildman–Crippen LogP) is 14.8. The van der Waals surface area contributed by atoms with E-state index in [-0.39, 0.29) is 11.5 Å². The van der Waals surface area contributed by atoms with Gasteiger partial charge >= 0.3 is 0 Å². The maximum Gasteiger partial charge on any atom is 0.135 e. The van der Waals surface area contributed by atoms with E-state index in [1.165, 1.54) is 66.8 Å². The Morgan fingerprint density at radius 1 is 0.500 bits per heavy atom. The van der Waals surface area contributed by atoms with Crippen LogP contribution in [0.25, 0.3) is 49.8 Å². The van der Waals surface area contributed by atoms with Crippen molar-refractivity contribution >= 4 is 38.9 Å². The topological polar surface area (TPSA) is 16.4 Å². The summed E-state index contributed by atoms with van der Waals surface area (Å²) < 4.78 is 6.38. The number of furan rings is 1. The zero-order valence-corrected chi connectivity index (χ0v) is 33.8. The summed E-state index contributed by atoms with van der Waals surface area (Å²) in [6.07, 6.45) is 5.70. The number of rotatable bonds is 6. The van der Waals surface area contributed by atoms with Crippen molar-refractivity contribution in [1.29, 1.82) is 0 Å². The molecule has 1 aromatic heterocycles. The fraction of sp³-hybridized carbons (Fsp3) is 0.103. The molecule has 2 heteroatoms. The zero-order valence-electron chi connectivity index (χ0n) is 33.8. The molecule has 0 saturated carbocycles. The molecule has 0 spiro atoms. The van der Waals surface area contributed by atoms with Gasteiger partial charge in [-0.3, -0.25) is 0 Å². The lowest BCUT2D eigenvalue weighted by Crippen LogP contribution is -2.36. The van der Waals surface area contributed by atoms with Gasteiger partial charge in [-0.15, -0.1) is 0 Å². The molecule has 8 aromatic carbocycles. The minimum Gasteiger partial charge on any atom is -0.456 e. The highest BCUT2D eigenvalue weighted by Gasteiger charge is 2.49. The molecule has 286 valence electrons. The first-order valence-electron chi connectivity index (χ1n) is 21.2. The van der Waals surface area contributed by atoms with Crippen LogP contribution >= 0.6 is 0 Å². The van der Waals surface area contributed by atoms with Crippen LogP contribution < -0.4 is 4.90 Å². The Balaban J connectivity index is 1.06. The van der Waals surface area contributed by atoms with Gasteiger partial charge in [0.2, 0.25) is 0 Å². The molecule has 3 aliphatic carbocycles. The second-order valence-corrected chi connectivity index (χ2v) is 17.1. The van der Waals surface area contributed by atoms with Gasteiger partial charge in [-0.25, -0.2) is 0 Å². The molecule has 3 aliphatic rings. The Labute approximate surface area is 351 Å². The first-order chi connectivity index (χ1) is 29.5. The highest BCUT2D eigenvalue weighted by Crippen LogP contribution is 2.58. The second kappa shape index (κ2) is 13.2. The average molecular weight is 770 g/mol. The van der Waals surface area contributed by atoms with Crippen LogP contribution in [0.5, 0.6) is 0 Å². The van der Waals surface area contributed by atoms with Gasteiger partial charge in [-0.2, -0.15) is 0 Å². The third-order valence-electron chi connectivity index (χ3n) is 13.7. The molecule has 60 heavy (non-hydrogen) atoms. The van der Waals surface area contributed by atoms with Crippen LogP contribution in [0.3, 0.4) is 0 Å². The maximum absolute atomic E-state index is 6.38. The van der Waals surface area contributed by atoms with Gasteiger partial charge in [0.25, 0.3) is 0 Å². The van der Waals surface area contributed by atoms with Crippen molar-refractivity contribution in [2.45, 2.75) is 37.1 Å². The van der Waals surface area contributed by atoms with Crippen molar-refractivity contribution in [1.82, 2.24) is 0 Å². The first-order valence-corrected chi connectivity index (χ1v) is 21.2. The van der Waals surface area contributed by atoms with Crippen LogP contribution in [0.4, 0.5) is 11.4 Å². The molecule has 1 atom stereocenters. The molecule has 12 rings (SSSR count). The van der Waals surface area contributed by atoms with Crippen LogP contribution in [-0.2, 0) is 10.8 Å². The summed E-state index contributed by atoms with van der Waals surface area (Å²) in [6, 6.07) is 71.6. The normalized spacial score (nSPS) is 16.7. The highest BCUT2D eigenvalue weighted by atomic mass is 16.3. The molecular formula is C58H43NO. The number of benzene rings is 8. The van der Waals surface area contributed by atoms with E-state index in [0.717, 1.165) is 39.7 Å². The maximum atomic E-state index is 6.38. The average Bonchev–Trinajstić information content (AvgIpc) is 3.91. The smallest absolute Gasteiger partial charge is 0.135 e. The number of allylic oxidation sites excluding steroid dienone is 2. The fourth-order valence-corrected chi connectivity index (χ4v) is 11.2. The third-order valence-corrected chi connectivity index (χ3v) is 13.7. The number of anilines is 2. The minimum absolute atomic E-state index is 0.0120. The van der Waals surface area contributed by atoms with Gasteiger partial charge in [-0.1, -0.05) is 184 Å². The van der Waals surface area contributed by atoms with E-state index in [2.05, 4.69) is 219 Å². The van der Waals surface area contributed by atoms with Crippen LogP contribution in [0.2, 0.25) is 0 Å². The van der Waals surface area contributed by atoms with E-state index in [1.807, 2.05) is 6.07 Å². The van der Waals surface area contributed by atoms with Crippen LogP contribution in [0, 0.1) is 0 Å². The zero-order chi connectivity index (χ0) is 40.0. The quantitative estimate of drug-likeness (QED) is 0.167. The Hall–Kier alpha value is -7.16. The van der Waals surface area contributed by atoms with Crippen molar-refractivity contribution in [2.75, 3.05) is 4.90 Å². The number of nitrogens with zero attached hydrogens (tertiary/aromatic N) is 1. The lowest BCUT2D eigenvalue weighted by molar-refractivity contribution is 0.652. The summed E-state index contributed by atoms with van der Waals surface area (Å²) in [4.78, 5) is 2.58. The lowest BCUT2D eigenvalue weighted by atomic mass is 9.65. The third kappa shape index (κ3) is 4.94. The van der Waals surface area contributed by atoms with Gasteiger partial charge in [0.15, 0.2) is 0 Å². The summed E-state index contributed by atoms with van der Waals surface area (Å²) >= 11 is 0. The van der Waals surface area contributed by atoms with Crippen LogP contribution in [0.1, 0.15) is 53.6 Å². The van der Waals surface area contributed by atoms with Gasteiger partial charge in [0.1, 0.15) is 11.2 Å². The van der Waals surface area contributed by atoms with Crippen molar-refractivity contribution < 1.29 is 4.42 Å². The molecule has 0 fully saturated rings. The summed E-state index contributed by atoms with van der Waals surface area (Å²) in [5.74, 6) is 0. The van der Waals surface area contributed by atoms with Crippen LogP contribution in [0.15, 0.2) is 216 Å². The summed E-state index contributed by atoms with van der Waals surface area (Å²) in [7, 11) is 0. The van der Waals surface area contributed by atoms with E-state index in [0.29, 0.717) is 0 Å². The highest BCUT2D eigenvalue weighted by molar-refractivity contribution is 6.06. The van der Waals surface area contributed by atoms with Gasteiger partial charge < -0.3 is 9.32 Å². The number of para-hydroxylation sites is 1. The van der Waals surface area contributed by atoms with E-state index >= 15 is 0 Å². The molecule has 9 aromatic rings. The monoisotopic (exact) mass is 769 g/mol. The molecule has 0 radical (unpaired) electrons.